The SMILES string of the molecule is CC(C)CNS(=O)(=O)Nc1ccc(/C(N)=N/O)cc1F. The van der Waals surface area contributed by atoms with E-state index in [9.17, 15) is 12.8 Å². The topological polar surface area (TPSA) is 117 Å². The number of halogens is 1. The van der Waals surface area contributed by atoms with Gasteiger partial charge in [-0.15, -0.1) is 0 Å². The van der Waals surface area contributed by atoms with Gasteiger partial charge in [0.1, 0.15) is 5.82 Å². The second kappa shape index (κ2) is 6.53. The van der Waals surface area contributed by atoms with Crippen LogP contribution in [0.3, 0.4) is 0 Å². The van der Waals surface area contributed by atoms with Crippen LogP contribution in [-0.2, 0) is 10.2 Å². The number of nitrogens with zero attached hydrogens (tertiary/aromatic N) is 1. The molecule has 0 saturated carbocycles. The normalized spacial score (nSPS) is 12.7. The summed E-state index contributed by atoms with van der Waals surface area (Å²) in [5.74, 6) is -0.973. The molecule has 0 bridgehead atoms. The lowest BCUT2D eigenvalue weighted by Gasteiger charge is -2.12. The van der Waals surface area contributed by atoms with Gasteiger partial charge in [-0.05, 0) is 24.1 Å². The van der Waals surface area contributed by atoms with Crippen molar-refractivity contribution in [1.82, 2.24) is 4.72 Å². The van der Waals surface area contributed by atoms with E-state index in [1.165, 1.54) is 12.1 Å². The minimum atomic E-state index is -3.84. The molecule has 20 heavy (non-hydrogen) atoms. The third-order valence-electron chi connectivity index (χ3n) is 2.30. The molecule has 0 saturated heterocycles. The third-order valence-corrected chi connectivity index (χ3v) is 3.33. The molecule has 9 heteroatoms. The van der Waals surface area contributed by atoms with Crippen LogP contribution in [-0.4, -0.2) is 26.0 Å². The largest absolute Gasteiger partial charge is 0.409 e. The van der Waals surface area contributed by atoms with Crippen molar-refractivity contribution in [2.75, 3.05) is 11.3 Å². The van der Waals surface area contributed by atoms with E-state index in [0.717, 1.165) is 6.07 Å². The second-order valence-electron chi connectivity index (χ2n) is 4.53. The minimum Gasteiger partial charge on any atom is -0.409 e. The number of benzene rings is 1. The first-order chi connectivity index (χ1) is 9.25. The van der Waals surface area contributed by atoms with Gasteiger partial charge in [0, 0.05) is 12.1 Å². The smallest absolute Gasteiger partial charge is 0.299 e. The summed E-state index contributed by atoms with van der Waals surface area (Å²) >= 11 is 0. The monoisotopic (exact) mass is 304 g/mol. The number of hydrogen-bond acceptors (Lipinski definition) is 4. The maximum atomic E-state index is 13.7. The van der Waals surface area contributed by atoms with Gasteiger partial charge in [0.15, 0.2) is 5.84 Å². The number of nitrogens with one attached hydrogen (secondary N) is 2. The van der Waals surface area contributed by atoms with Crippen LogP contribution in [0.4, 0.5) is 10.1 Å². The summed E-state index contributed by atoms with van der Waals surface area (Å²) in [5, 5.41) is 11.2. The molecule has 0 heterocycles. The molecule has 1 aromatic rings. The van der Waals surface area contributed by atoms with Crippen molar-refractivity contribution in [3.63, 3.8) is 0 Å². The van der Waals surface area contributed by atoms with Crippen molar-refractivity contribution in [3.8, 4) is 0 Å². The van der Waals surface area contributed by atoms with Crippen molar-refractivity contribution in [1.29, 1.82) is 0 Å². The van der Waals surface area contributed by atoms with Gasteiger partial charge < -0.3 is 10.9 Å². The van der Waals surface area contributed by atoms with E-state index in [0.29, 0.717) is 0 Å². The van der Waals surface area contributed by atoms with Crippen LogP contribution in [0.1, 0.15) is 19.4 Å². The molecular formula is C11H17FN4O3S. The molecule has 0 fully saturated rings. The summed E-state index contributed by atoms with van der Waals surface area (Å²) in [7, 11) is -3.84. The standard InChI is InChI=1S/C11H17FN4O3S/c1-7(2)6-14-20(18,19)16-10-4-3-8(5-9(10)12)11(13)15-17/h3-5,7,14,16-17H,6H2,1-2H3,(H2,13,15). The molecule has 7 nitrogen and oxygen atoms in total. The lowest BCUT2D eigenvalue weighted by atomic mass is 10.2. The minimum absolute atomic E-state index is 0.124. The molecule has 0 spiro atoms. The Kier molecular flexibility index (Phi) is 5.28. The van der Waals surface area contributed by atoms with Gasteiger partial charge in [0.05, 0.1) is 5.69 Å². The summed E-state index contributed by atoms with van der Waals surface area (Å²) in [5.41, 5.74) is 5.22. The van der Waals surface area contributed by atoms with Crippen LogP contribution in [0.5, 0.6) is 0 Å². The molecule has 5 N–H and O–H groups in total. The summed E-state index contributed by atoms with van der Waals surface area (Å²) < 4.78 is 41.4. The highest BCUT2D eigenvalue weighted by molar-refractivity contribution is 7.90. The van der Waals surface area contributed by atoms with Crippen LogP contribution in [0.2, 0.25) is 0 Å². The first kappa shape index (κ1) is 16.2. The molecule has 0 aliphatic carbocycles. The van der Waals surface area contributed by atoms with Gasteiger partial charge in [-0.2, -0.15) is 13.1 Å². The predicted molar refractivity (Wildman–Crippen MR) is 74.3 cm³/mol. The fraction of sp³-hybridized carbons (Fsp3) is 0.364. The molecule has 1 aromatic carbocycles. The van der Waals surface area contributed by atoms with Crippen LogP contribution in [0, 0.1) is 11.7 Å². The van der Waals surface area contributed by atoms with Gasteiger partial charge >= 0.3 is 0 Å². The van der Waals surface area contributed by atoms with E-state index in [2.05, 4.69) is 14.6 Å². The maximum absolute atomic E-state index is 13.7. The fourth-order valence-electron chi connectivity index (χ4n) is 1.27. The first-order valence-corrected chi connectivity index (χ1v) is 7.28. The highest BCUT2D eigenvalue weighted by Crippen LogP contribution is 2.16. The summed E-state index contributed by atoms with van der Waals surface area (Å²) in [6, 6.07) is 3.49. The number of anilines is 1. The zero-order valence-corrected chi connectivity index (χ0v) is 11.9. The molecule has 1 rings (SSSR count). The van der Waals surface area contributed by atoms with Crippen molar-refractivity contribution in [2.24, 2.45) is 16.8 Å². The molecular weight excluding hydrogens is 287 g/mol. The van der Waals surface area contributed by atoms with Crippen molar-refractivity contribution >= 4 is 21.7 Å². The summed E-state index contributed by atoms with van der Waals surface area (Å²) in [6.07, 6.45) is 0. The molecule has 0 aromatic heterocycles. The Morgan fingerprint density at radius 1 is 1.50 bits per heavy atom. The highest BCUT2D eigenvalue weighted by atomic mass is 32.2. The average Bonchev–Trinajstić information content (AvgIpc) is 2.38. The Labute approximate surface area is 116 Å². The molecule has 0 amide bonds. The van der Waals surface area contributed by atoms with E-state index in [1.807, 2.05) is 13.8 Å². The molecule has 0 aliphatic heterocycles. The Morgan fingerprint density at radius 3 is 2.65 bits per heavy atom. The molecule has 0 atom stereocenters. The van der Waals surface area contributed by atoms with Crippen molar-refractivity contribution in [3.05, 3.63) is 29.6 Å². The average molecular weight is 304 g/mol. The van der Waals surface area contributed by atoms with Gasteiger partial charge in [-0.1, -0.05) is 19.0 Å². The maximum Gasteiger partial charge on any atom is 0.299 e. The number of hydrogen-bond donors (Lipinski definition) is 4. The third kappa shape index (κ3) is 4.67. The van der Waals surface area contributed by atoms with Crippen LogP contribution in [0.15, 0.2) is 23.4 Å². The van der Waals surface area contributed by atoms with Crippen LogP contribution < -0.4 is 15.2 Å². The predicted octanol–water partition coefficient (Wildman–Crippen LogP) is 0.823. The van der Waals surface area contributed by atoms with E-state index in [1.54, 1.807) is 0 Å². The van der Waals surface area contributed by atoms with E-state index < -0.39 is 16.0 Å². The quantitative estimate of drug-likeness (QED) is 0.269. The lowest BCUT2D eigenvalue weighted by molar-refractivity contribution is 0.318. The molecule has 0 radical (unpaired) electrons. The zero-order valence-electron chi connectivity index (χ0n) is 11.1. The highest BCUT2D eigenvalue weighted by Gasteiger charge is 2.14. The Morgan fingerprint density at radius 2 is 2.15 bits per heavy atom. The van der Waals surface area contributed by atoms with Gasteiger partial charge in [0.25, 0.3) is 10.2 Å². The Bertz CT molecular complexity index is 602. The van der Waals surface area contributed by atoms with Crippen LogP contribution >= 0.6 is 0 Å². The Balaban J connectivity index is 2.89. The van der Waals surface area contributed by atoms with E-state index >= 15 is 0 Å². The Hall–Kier alpha value is -1.87. The van der Waals surface area contributed by atoms with E-state index in [-0.39, 0.29) is 29.5 Å². The second-order valence-corrected chi connectivity index (χ2v) is 6.03. The van der Waals surface area contributed by atoms with E-state index in [4.69, 9.17) is 10.9 Å². The van der Waals surface area contributed by atoms with Crippen LogP contribution in [0.25, 0.3) is 0 Å². The molecule has 112 valence electrons. The fourth-order valence-corrected chi connectivity index (χ4v) is 2.35. The first-order valence-electron chi connectivity index (χ1n) is 5.80. The zero-order chi connectivity index (χ0) is 15.3. The molecule has 0 unspecified atom stereocenters. The van der Waals surface area contributed by atoms with Crippen molar-refractivity contribution < 1.29 is 18.0 Å². The number of oxime groups is 1. The molecule has 0 aliphatic rings. The summed E-state index contributed by atoms with van der Waals surface area (Å²) in [6.45, 7) is 3.92. The van der Waals surface area contributed by atoms with Gasteiger partial charge in [-0.3, -0.25) is 4.72 Å². The number of rotatable bonds is 6. The van der Waals surface area contributed by atoms with Gasteiger partial charge in [0.2, 0.25) is 0 Å². The number of nitrogens with two attached hydrogens (primary N) is 1. The summed E-state index contributed by atoms with van der Waals surface area (Å²) in [4.78, 5) is 0. The lowest BCUT2D eigenvalue weighted by Crippen LogP contribution is -2.33. The van der Waals surface area contributed by atoms with Crippen molar-refractivity contribution in [2.45, 2.75) is 13.8 Å². The van der Waals surface area contributed by atoms with Gasteiger partial charge in [-0.25, -0.2) is 4.39 Å². The number of amidine groups is 1.